The molecule has 0 saturated carbocycles. The number of benzene rings is 1. The van der Waals surface area contributed by atoms with Crippen LogP contribution in [0.25, 0.3) is 0 Å². The van der Waals surface area contributed by atoms with Crippen LogP contribution in [0.2, 0.25) is 0 Å². The maximum atomic E-state index is 12.3. The summed E-state index contributed by atoms with van der Waals surface area (Å²) in [6.45, 7) is 1.34. The molecule has 1 N–H and O–H groups in total. The van der Waals surface area contributed by atoms with Gasteiger partial charge >= 0.3 is 0 Å². The van der Waals surface area contributed by atoms with Crippen LogP contribution >= 0.6 is 11.3 Å². The molecule has 2 heterocycles. The Balaban J connectivity index is 1.62. The zero-order valence-corrected chi connectivity index (χ0v) is 13.0. The Hall–Kier alpha value is -2.16. The summed E-state index contributed by atoms with van der Waals surface area (Å²) >= 11 is 1.75. The van der Waals surface area contributed by atoms with E-state index >= 15 is 0 Å². The van der Waals surface area contributed by atoms with Gasteiger partial charge in [-0.3, -0.25) is 9.69 Å². The van der Waals surface area contributed by atoms with E-state index < -0.39 is 0 Å². The van der Waals surface area contributed by atoms with Gasteiger partial charge in [-0.25, -0.2) is 0 Å². The zero-order chi connectivity index (χ0) is 15.4. The minimum atomic E-state index is -0.0291. The number of hydrogen-bond donors (Lipinski definition) is 1. The Labute approximate surface area is 134 Å². The van der Waals surface area contributed by atoms with E-state index in [1.165, 1.54) is 4.88 Å². The molecule has 1 aliphatic heterocycles. The lowest BCUT2D eigenvalue weighted by molar-refractivity contribution is -0.117. The fourth-order valence-electron chi connectivity index (χ4n) is 2.87. The highest BCUT2D eigenvalue weighted by atomic mass is 32.1. The van der Waals surface area contributed by atoms with Crippen molar-refractivity contribution in [2.45, 2.75) is 18.9 Å². The van der Waals surface area contributed by atoms with Gasteiger partial charge in [-0.1, -0.05) is 12.1 Å². The van der Waals surface area contributed by atoms with E-state index in [0.29, 0.717) is 23.8 Å². The van der Waals surface area contributed by atoms with E-state index in [1.54, 1.807) is 35.6 Å². The van der Waals surface area contributed by atoms with Crippen molar-refractivity contribution in [2.24, 2.45) is 0 Å². The number of carbonyl (C=O) groups is 1. The van der Waals surface area contributed by atoms with Crippen LogP contribution in [-0.4, -0.2) is 23.9 Å². The van der Waals surface area contributed by atoms with E-state index in [9.17, 15) is 4.79 Å². The van der Waals surface area contributed by atoms with Gasteiger partial charge in [-0.2, -0.15) is 5.26 Å². The highest BCUT2D eigenvalue weighted by Crippen LogP contribution is 2.34. The SMILES string of the molecule is N#Cc1cccc(NC(=O)CN2CCCC2c2cccs2)c1. The summed E-state index contributed by atoms with van der Waals surface area (Å²) in [4.78, 5) is 15.8. The molecular weight excluding hydrogens is 294 g/mol. The molecule has 1 fully saturated rings. The molecule has 2 aromatic rings. The first-order valence-corrected chi connectivity index (χ1v) is 8.22. The summed E-state index contributed by atoms with van der Waals surface area (Å²) in [6.07, 6.45) is 2.23. The molecule has 0 radical (unpaired) electrons. The second-order valence-electron chi connectivity index (χ2n) is 5.38. The van der Waals surface area contributed by atoms with E-state index in [1.807, 2.05) is 0 Å². The number of amides is 1. The Morgan fingerprint density at radius 1 is 1.41 bits per heavy atom. The molecule has 5 heteroatoms. The average Bonchev–Trinajstić information content (AvgIpc) is 3.18. The molecule has 1 unspecified atom stereocenters. The second-order valence-corrected chi connectivity index (χ2v) is 6.36. The maximum absolute atomic E-state index is 12.3. The molecule has 1 amide bonds. The Bertz CT molecular complexity index is 690. The highest BCUT2D eigenvalue weighted by molar-refractivity contribution is 7.10. The van der Waals surface area contributed by atoms with E-state index in [-0.39, 0.29) is 5.91 Å². The Morgan fingerprint density at radius 2 is 2.32 bits per heavy atom. The largest absolute Gasteiger partial charge is 0.325 e. The smallest absolute Gasteiger partial charge is 0.238 e. The third-order valence-electron chi connectivity index (χ3n) is 3.86. The van der Waals surface area contributed by atoms with Crippen molar-refractivity contribution in [2.75, 3.05) is 18.4 Å². The maximum Gasteiger partial charge on any atom is 0.238 e. The van der Waals surface area contributed by atoms with Crippen molar-refractivity contribution in [3.8, 4) is 6.07 Å². The van der Waals surface area contributed by atoms with Gasteiger partial charge in [0.15, 0.2) is 0 Å². The summed E-state index contributed by atoms with van der Waals surface area (Å²) in [7, 11) is 0. The fraction of sp³-hybridized carbons (Fsp3) is 0.294. The minimum Gasteiger partial charge on any atom is -0.325 e. The topological polar surface area (TPSA) is 56.1 Å². The number of carbonyl (C=O) groups excluding carboxylic acids is 1. The van der Waals surface area contributed by atoms with Crippen molar-refractivity contribution >= 4 is 22.9 Å². The molecule has 0 spiro atoms. The van der Waals surface area contributed by atoms with Crippen molar-refractivity contribution in [3.63, 3.8) is 0 Å². The standard InChI is InChI=1S/C17H17N3OS/c18-11-13-4-1-5-14(10-13)19-17(21)12-20-8-2-6-15(20)16-7-3-9-22-16/h1,3-5,7,9-10,15H,2,6,8,12H2,(H,19,21). The van der Waals surface area contributed by atoms with Crippen molar-refractivity contribution in [3.05, 3.63) is 52.2 Å². The third kappa shape index (κ3) is 3.35. The summed E-state index contributed by atoms with van der Waals surface area (Å²) < 4.78 is 0. The number of nitrogens with one attached hydrogen (secondary N) is 1. The second kappa shape index (κ2) is 6.73. The monoisotopic (exact) mass is 311 g/mol. The molecule has 112 valence electrons. The number of rotatable bonds is 4. The molecule has 0 bridgehead atoms. The van der Waals surface area contributed by atoms with Gasteiger partial charge in [0, 0.05) is 16.6 Å². The molecule has 22 heavy (non-hydrogen) atoms. The van der Waals surface area contributed by atoms with Gasteiger partial charge in [-0.15, -0.1) is 11.3 Å². The van der Waals surface area contributed by atoms with Crippen LogP contribution in [-0.2, 0) is 4.79 Å². The summed E-state index contributed by atoms with van der Waals surface area (Å²) in [5, 5.41) is 13.9. The molecule has 0 aliphatic carbocycles. The van der Waals surface area contributed by atoms with Gasteiger partial charge in [0.25, 0.3) is 0 Å². The minimum absolute atomic E-state index is 0.0291. The Kier molecular flexibility index (Phi) is 4.52. The van der Waals surface area contributed by atoms with Gasteiger partial charge < -0.3 is 5.32 Å². The van der Waals surface area contributed by atoms with Gasteiger partial charge in [0.2, 0.25) is 5.91 Å². The number of nitriles is 1. The van der Waals surface area contributed by atoms with Crippen LogP contribution in [0, 0.1) is 11.3 Å². The summed E-state index contributed by atoms with van der Waals surface area (Å²) in [6, 6.07) is 13.6. The molecule has 1 atom stereocenters. The first-order chi connectivity index (χ1) is 10.8. The number of nitrogens with zero attached hydrogens (tertiary/aromatic N) is 2. The molecule has 4 nitrogen and oxygen atoms in total. The van der Waals surface area contributed by atoms with Gasteiger partial charge in [0.1, 0.15) is 0 Å². The van der Waals surface area contributed by atoms with Crippen LogP contribution in [0.3, 0.4) is 0 Å². The Morgan fingerprint density at radius 3 is 3.09 bits per heavy atom. The van der Waals surface area contributed by atoms with Crippen molar-refractivity contribution < 1.29 is 4.79 Å². The van der Waals surface area contributed by atoms with Gasteiger partial charge in [-0.05, 0) is 49.0 Å². The van der Waals surface area contributed by atoms with Crippen LogP contribution in [0.4, 0.5) is 5.69 Å². The lowest BCUT2D eigenvalue weighted by Crippen LogP contribution is -2.32. The van der Waals surface area contributed by atoms with Crippen molar-refractivity contribution in [1.82, 2.24) is 4.90 Å². The van der Waals surface area contributed by atoms with Crippen LogP contribution in [0.5, 0.6) is 0 Å². The number of likely N-dealkylation sites (tertiary alicyclic amines) is 1. The molecule has 1 aromatic carbocycles. The first-order valence-electron chi connectivity index (χ1n) is 7.34. The van der Waals surface area contributed by atoms with Crippen LogP contribution < -0.4 is 5.32 Å². The summed E-state index contributed by atoms with van der Waals surface area (Å²) in [5.41, 5.74) is 1.23. The van der Waals surface area contributed by atoms with Crippen LogP contribution in [0.15, 0.2) is 41.8 Å². The normalized spacial score (nSPS) is 18.0. The predicted molar refractivity (Wildman–Crippen MR) is 87.7 cm³/mol. The van der Waals surface area contributed by atoms with Crippen LogP contribution in [0.1, 0.15) is 29.3 Å². The highest BCUT2D eigenvalue weighted by Gasteiger charge is 2.28. The molecule has 1 aliphatic rings. The molecule has 1 aromatic heterocycles. The number of thiophene rings is 1. The average molecular weight is 311 g/mol. The quantitative estimate of drug-likeness (QED) is 0.941. The zero-order valence-electron chi connectivity index (χ0n) is 12.2. The third-order valence-corrected chi connectivity index (χ3v) is 4.83. The molecule has 1 saturated heterocycles. The van der Waals surface area contributed by atoms with E-state index in [2.05, 4.69) is 33.8 Å². The first kappa shape index (κ1) is 14.8. The fourth-order valence-corrected chi connectivity index (χ4v) is 3.77. The molecular formula is C17H17N3OS. The van der Waals surface area contributed by atoms with E-state index in [4.69, 9.17) is 5.26 Å². The number of hydrogen-bond acceptors (Lipinski definition) is 4. The van der Waals surface area contributed by atoms with Crippen molar-refractivity contribution in [1.29, 1.82) is 5.26 Å². The number of anilines is 1. The predicted octanol–water partition coefficient (Wildman–Crippen LogP) is 3.40. The lowest BCUT2D eigenvalue weighted by atomic mass is 10.2. The van der Waals surface area contributed by atoms with Gasteiger partial charge in [0.05, 0.1) is 18.2 Å². The molecule has 3 rings (SSSR count). The summed E-state index contributed by atoms with van der Waals surface area (Å²) in [5.74, 6) is -0.0291. The van der Waals surface area contributed by atoms with E-state index in [0.717, 1.165) is 19.4 Å². The lowest BCUT2D eigenvalue weighted by Gasteiger charge is -2.22.